The first-order chi connectivity index (χ1) is 11.6. The summed E-state index contributed by atoms with van der Waals surface area (Å²) < 4.78 is 12.6. The Morgan fingerprint density at radius 1 is 1.04 bits per heavy atom. The molecule has 2 aromatic carbocycles. The van der Waals surface area contributed by atoms with Gasteiger partial charge in [-0.25, -0.2) is 4.98 Å². The van der Waals surface area contributed by atoms with Gasteiger partial charge in [0.1, 0.15) is 12.4 Å². The lowest BCUT2D eigenvalue weighted by molar-refractivity contribution is 0.355. The molecule has 0 N–H and O–H groups in total. The van der Waals surface area contributed by atoms with Gasteiger partial charge < -0.3 is 14.0 Å². The van der Waals surface area contributed by atoms with Crippen molar-refractivity contribution in [3.63, 3.8) is 0 Å². The molecule has 3 aromatic rings. The van der Waals surface area contributed by atoms with Gasteiger partial charge in [-0.1, -0.05) is 0 Å². The molecule has 0 spiro atoms. The summed E-state index contributed by atoms with van der Waals surface area (Å²) >= 11 is 0. The molecule has 122 valence electrons. The van der Waals surface area contributed by atoms with E-state index in [4.69, 9.17) is 14.5 Å². The Kier molecular flexibility index (Phi) is 4.13. The second-order valence-corrected chi connectivity index (χ2v) is 5.67. The molecule has 0 aliphatic carbocycles. The van der Waals surface area contributed by atoms with Crippen molar-refractivity contribution in [2.45, 2.75) is 20.4 Å². The van der Waals surface area contributed by atoms with Crippen molar-refractivity contribution >= 4 is 11.0 Å². The minimum Gasteiger partial charge on any atom is -0.493 e. The Balaban J connectivity index is 2.25. The van der Waals surface area contributed by atoms with E-state index in [9.17, 15) is 5.26 Å². The number of hydrogen-bond donors (Lipinski definition) is 0. The fraction of sp³-hybridized carbons (Fsp3) is 0.263. The number of aryl methyl sites for hydroxylation is 2. The van der Waals surface area contributed by atoms with Gasteiger partial charge in [0.2, 0.25) is 0 Å². The number of aromatic nitrogens is 2. The van der Waals surface area contributed by atoms with Gasteiger partial charge in [-0.2, -0.15) is 5.26 Å². The molecule has 1 heterocycles. The van der Waals surface area contributed by atoms with Crippen LogP contribution in [0.5, 0.6) is 11.5 Å². The minimum absolute atomic E-state index is 0.239. The molecular weight excluding hydrogens is 302 g/mol. The molecule has 0 bridgehead atoms. The highest BCUT2D eigenvalue weighted by Crippen LogP contribution is 2.33. The fourth-order valence-corrected chi connectivity index (χ4v) is 2.81. The zero-order valence-electron chi connectivity index (χ0n) is 14.3. The maximum atomic E-state index is 9.23. The summed E-state index contributed by atoms with van der Waals surface area (Å²) in [4.78, 5) is 4.75. The molecule has 5 nitrogen and oxygen atoms in total. The highest BCUT2D eigenvalue weighted by atomic mass is 16.5. The van der Waals surface area contributed by atoms with E-state index in [0.29, 0.717) is 11.5 Å². The van der Waals surface area contributed by atoms with E-state index < -0.39 is 0 Å². The summed E-state index contributed by atoms with van der Waals surface area (Å²) in [5.41, 5.74) is 5.10. The molecule has 0 fully saturated rings. The number of rotatable bonds is 4. The van der Waals surface area contributed by atoms with Crippen LogP contribution in [0.2, 0.25) is 0 Å². The Hall–Kier alpha value is -3.00. The van der Waals surface area contributed by atoms with E-state index >= 15 is 0 Å². The molecule has 24 heavy (non-hydrogen) atoms. The van der Waals surface area contributed by atoms with Crippen LogP contribution in [0.3, 0.4) is 0 Å². The van der Waals surface area contributed by atoms with Crippen LogP contribution < -0.4 is 9.47 Å². The number of hydrogen-bond acceptors (Lipinski definition) is 4. The van der Waals surface area contributed by atoms with Gasteiger partial charge in [0.25, 0.3) is 0 Å². The summed E-state index contributed by atoms with van der Waals surface area (Å²) in [6.45, 7) is 4.37. The molecule has 0 aliphatic rings. The van der Waals surface area contributed by atoms with Gasteiger partial charge >= 0.3 is 0 Å². The smallest absolute Gasteiger partial charge is 0.161 e. The molecule has 0 saturated carbocycles. The molecule has 1 aromatic heterocycles. The van der Waals surface area contributed by atoms with Crippen molar-refractivity contribution in [3.05, 3.63) is 41.5 Å². The number of imidazole rings is 1. The second kappa shape index (κ2) is 6.25. The third kappa shape index (κ3) is 2.56. The van der Waals surface area contributed by atoms with Gasteiger partial charge in [-0.3, -0.25) is 0 Å². The summed E-state index contributed by atoms with van der Waals surface area (Å²) in [7, 11) is 3.21. The minimum atomic E-state index is 0.239. The molecule has 5 heteroatoms. The maximum absolute atomic E-state index is 9.23. The average Bonchev–Trinajstić information content (AvgIpc) is 2.92. The van der Waals surface area contributed by atoms with Gasteiger partial charge in [0.15, 0.2) is 11.5 Å². The van der Waals surface area contributed by atoms with Crippen LogP contribution in [-0.4, -0.2) is 23.8 Å². The zero-order chi connectivity index (χ0) is 17.3. The van der Waals surface area contributed by atoms with Crippen LogP contribution in [-0.2, 0) is 6.54 Å². The van der Waals surface area contributed by atoms with Crippen molar-refractivity contribution in [2.24, 2.45) is 0 Å². The Morgan fingerprint density at radius 2 is 1.75 bits per heavy atom. The molecule has 0 radical (unpaired) electrons. The summed E-state index contributed by atoms with van der Waals surface area (Å²) in [6, 6.07) is 12.0. The predicted octanol–water partition coefficient (Wildman–Crippen LogP) is 3.86. The predicted molar refractivity (Wildman–Crippen MR) is 93.4 cm³/mol. The molecule has 3 rings (SSSR count). The number of nitrogens with zero attached hydrogens (tertiary/aromatic N) is 3. The van der Waals surface area contributed by atoms with E-state index in [2.05, 4.69) is 32.0 Å². The van der Waals surface area contributed by atoms with Crippen LogP contribution >= 0.6 is 0 Å². The Labute approximate surface area is 141 Å². The highest BCUT2D eigenvalue weighted by molar-refractivity contribution is 5.82. The van der Waals surface area contributed by atoms with Crippen molar-refractivity contribution in [1.82, 2.24) is 9.55 Å². The van der Waals surface area contributed by atoms with Crippen LogP contribution in [0.25, 0.3) is 22.4 Å². The Bertz CT molecular complexity index is 951. The Morgan fingerprint density at radius 3 is 2.42 bits per heavy atom. The number of methoxy groups -OCH3 is 2. The summed E-state index contributed by atoms with van der Waals surface area (Å²) in [6.07, 6.45) is 0. The average molecular weight is 321 g/mol. The van der Waals surface area contributed by atoms with Crippen molar-refractivity contribution in [2.75, 3.05) is 14.2 Å². The van der Waals surface area contributed by atoms with E-state index in [1.54, 1.807) is 14.2 Å². The SMILES string of the molecule is COc1ccc(-c2nc3cc(C)c(C)cc3n2CC#N)cc1OC. The van der Waals surface area contributed by atoms with Crippen LogP contribution in [0.15, 0.2) is 30.3 Å². The number of ether oxygens (including phenoxy) is 2. The van der Waals surface area contributed by atoms with Gasteiger partial charge in [-0.05, 0) is 55.3 Å². The summed E-state index contributed by atoms with van der Waals surface area (Å²) in [5, 5.41) is 9.23. The van der Waals surface area contributed by atoms with Gasteiger partial charge in [0, 0.05) is 5.56 Å². The molecule has 0 amide bonds. The summed E-state index contributed by atoms with van der Waals surface area (Å²) in [5.74, 6) is 2.05. The highest BCUT2D eigenvalue weighted by Gasteiger charge is 2.15. The fourth-order valence-electron chi connectivity index (χ4n) is 2.81. The topological polar surface area (TPSA) is 60.1 Å². The largest absolute Gasteiger partial charge is 0.493 e. The van der Waals surface area contributed by atoms with E-state index in [0.717, 1.165) is 22.4 Å². The third-order valence-electron chi connectivity index (χ3n) is 4.23. The van der Waals surface area contributed by atoms with Gasteiger partial charge in [0.05, 0.1) is 31.3 Å². The standard InChI is InChI=1S/C19H19N3O2/c1-12-9-15-16(10-13(12)2)22(8-7-20)19(21-15)14-5-6-17(23-3)18(11-14)24-4/h5-6,9-11H,8H2,1-4H3. The number of fused-ring (bicyclic) bond motifs is 1. The van der Waals surface area contributed by atoms with Crippen molar-refractivity contribution < 1.29 is 9.47 Å². The second-order valence-electron chi connectivity index (χ2n) is 5.67. The number of nitriles is 1. The quantitative estimate of drug-likeness (QED) is 0.732. The van der Waals surface area contributed by atoms with Crippen LogP contribution in [0.4, 0.5) is 0 Å². The first kappa shape index (κ1) is 15.9. The van der Waals surface area contributed by atoms with E-state index in [1.807, 2.05) is 22.8 Å². The molecule has 0 aliphatic heterocycles. The zero-order valence-corrected chi connectivity index (χ0v) is 14.3. The van der Waals surface area contributed by atoms with Gasteiger partial charge in [-0.15, -0.1) is 0 Å². The lowest BCUT2D eigenvalue weighted by Crippen LogP contribution is -2.00. The lowest BCUT2D eigenvalue weighted by Gasteiger charge is -2.10. The monoisotopic (exact) mass is 321 g/mol. The number of benzene rings is 2. The third-order valence-corrected chi connectivity index (χ3v) is 4.23. The maximum Gasteiger partial charge on any atom is 0.161 e. The van der Waals surface area contributed by atoms with Crippen LogP contribution in [0, 0.1) is 25.2 Å². The molecule has 0 saturated heterocycles. The van der Waals surface area contributed by atoms with Crippen LogP contribution in [0.1, 0.15) is 11.1 Å². The first-order valence-corrected chi connectivity index (χ1v) is 7.66. The lowest BCUT2D eigenvalue weighted by atomic mass is 10.1. The first-order valence-electron chi connectivity index (χ1n) is 7.66. The molecule has 0 unspecified atom stereocenters. The van der Waals surface area contributed by atoms with Crippen molar-refractivity contribution in [3.8, 4) is 29.0 Å². The normalized spacial score (nSPS) is 10.6. The van der Waals surface area contributed by atoms with Crippen molar-refractivity contribution in [1.29, 1.82) is 5.26 Å². The van der Waals surface area contributed by atoms with E-state index in [-0.39, 0.29) is 6.54 Å². The molecular formula is C19H19N3O2. The van der Waals surface area contributed by atoms with E-state index in [1.165, 1.54) is 11.1 Å². The molecule has 0 atom stereocenters.